The van der Waals surface area contributed by atoms with Crippen LogP contribution in [0.4, 0.5) is 10.1 Å². The van der Waals surface area contributed by atoms with E-state index in [2.05, 4.69) is 26.7 Å². The number of nitrogens with zero attached hydrogens (tertiary/aromatic N) is 2. The molecule has 1 heterocycles. The van der Waals surface area contributed by atoms with Crippen LogP contribution in [-0.4, -0.2) is 52.6 Å². The zero-order chi connectivity index (χ0) is 18.6. The predicted octanol–water partition coefficient (Wildman–Crippen LogP) is 2.23. The number of hydrogen-bond donors (Lipinski definition) is 1. The van der Waals surface area contributed by atoms with Gasteiger partial charge in [0.2, 0.25) is 10.0 Å². The zero-order valence-electron chi connectivity index (χ0n) is 14.9. The Balaban J connectivity index is 1.47. The zero-order valence-corrected chi connectivity index (χ0v) is 15.7. The van der Waals surface area contributed by atoms with Crippen LogP contribution in [0.1, 0.15) is 5.56 Å². The second-order valence-corrected chi connectivity index (χ2v) is 8.24. The standard InChI is InChI=1S/C19H24FN3O2S/c1-16-7-8-18(15-19(16)20)26(24,25)21-9-10-22-11-13-23(14-12-22)17-5-3-2-4-6-17/h2-8,15,21H,9-14H2,1H3. The lowest BCUT2D eigenvalue weighted by Crippen LogP contribution is -2.48. The van der Waals surface area contributed by atoms with E-state index in [9.17, 15) is 12.8 Å². The van der Waals surface area contributed by atoms with Crippen molar-refractivity contribution in [2.24, 2.45) is 0 Å². The number of anilines is 1. The van der Waals surface area contributed by atoms with Crippen LogP contribution in [0.15, 0.2) is 53.4 Å². The number of benzene rings is 2. The van der Waals surface area contributed by atoms with Crippen molar-refractivity contribution < 1.29 is 12.8 Å². The van der Waals surface area contributed by atoms with Gasteiger partial charge in [-0.1, -0.05) is 24.3 Å². The van der Waals surface area contributed by atoms with Gasteiger partial charge in [-0.3, -0.25) is 4.90 Å². The highest BCUT2D eigenvalue weighted by molar-refractivity contribution is 7.89. The van der Waals surface area contributed by atoms with Gasteiger partial charge in [0.1, 0.15) is 5.82 Å². The summed E-state index contributed by atoms with van der Waals surface area (Å²) in [6.07, 6.45) is 0. The van der Waals surface area contributed by atoms with E-state index in [1.807, 2.05) is 18.2 Å². The first-order chi connectivity index (χ1) is 12.5. The number of nitrogens with one attached hydrogen (secondary N) is 1. The molecule has 0 unspecified atom stereocenters. The highest BCUT2D eigenvalue weighted by Crippen LogP contribution is 2.16. The van der Waals surface area contributed by atoms with Crippen LogP contribution in [0.2, 0.25) is 0 Å². The summed E-state index contributed by atoms with van der Waals surface area (Å²) in [5, 5.41) is 0. The Morgan fingerprint density at radius 2 is 1.73 bits per heavy atom. The summed E-state index contributed by atoms with van der Waals surface area (Å²) in [7, 11) is -3.68. The van der Waals surface area contributed by atoms with Crippen molar-refractivity contribution in [3.63, 3.8) is 0 Å². The topological polar surface area (TPSA) is 52.7 Å². The maximum atomic E-state index is 13.6. The van der Waals surface area contributed by atoms with Gasteiger partial charge in [-0.25, -0.2) is 17.5 Å². The summed E-state index contributed by atoms with van der Waals surface area (Å²) in [5.41, 5.74) is 1.65. The maximum Gasteiger partial charge on any atom is 0.240 e. The fourth-order valence-corrected chi connectivity index (χ4v) is 4.06. The quantitative estimate of drug-likeness (QED) is 0.839. The van der Waals surface area contributed by atoms with E-state index in [-0.39, 0.29) is 4.90 Å². The second kappa shape index (κ2) is 8.16. The average Bonchev–Trinajstić information content (AvgIpc) is 2.65. The van der Waals surface area contributed by atoms with Gasteiger partial charge in [-0.05, 0) is 36.8 Å². The molecule has 2 aromatic rings. The first-order valence-electron chi connectivity index (χ1n) is 8.74. The minimum atomic E-state index is -3.68. The van der Waals surface area contributed by atoms with E-state index in [0.29, 0.717) is 18.7 Å². The minimum absolute atomic E-state index is 0.0329. The third kappa shape index (κ3) is 4.60. The molecule has 1 aliphatic heterocycles. The van der Waals surface area contributed by atoms with Crippen molar-refractivity contribution in [2.75, 3.05) is 44.2 Å². The van der Waals surface area contributed by atoms with Crippen LogP contribution in [-0.2, 0) is 10.0 Å². The minimum Gasteiger partial charge on any atom is -0.369 e. The van der Waals surface area contributed by atoms with E-state index >= 15 is 0 Å². The summed E-state index contributed by atoms with van der Waals surface area (Å²) < 4.78 is 40.7. The first-order valence-corrected chi connectivity index (χ1v) is 10.2. The molecule has 0 aromatic heterocycles. The molecule has 1 saturated heterocycles. The summed E-state index contributed by atoms with van der Waals surface area (Å²) in [6.45, 7) is 6.15. The monoisotopic (exact) mass is 377 g/mol. The number of sulfonamides is 1. The molecule has 7 heteroatoms. The number of halogens is 1. The molecule has 1 aliphatic rings. The Hall–Kier alpha value is -1.96. The third-order valence-corrected chi connectivity index (χ3v) is 6.13. The normalized spacial score (nSPS) is 16.0. The number of para-hydroxylation sites is 1. The van der Waals surface area contributed by atoms with Gasteiger partial charge >= 0.3 is 0 Å². The van der Waals surface area contributed by atoms with Gasteiger partial charge in [0.05, 0.1) is 4.90 Å². The highest BCUT2D eigenvalue weighted by atomic mass is 32.2. The van der Waals surface area contributed by atoms with E-state index in [0.717, 1.165) is 32.2 Å². The molecule has 140 valence electrons. The van der Waals surface area contributed by atoms with Crippen molar-refractivity contribution in [3.05, 3.63) is 59.9 Å². The van der Waals surface area contributed by atoms with Crippen LogP contribution in [0.3, 0.4) is 0 Å². The Labute approximate surface area is 154 Å². The Kier molecular flexibility index (Phi) is 5.90. The fraction of sp³-hybridized carbons (Fsp3) is 0.368. The SMILES string of the molecule is Cc1ccc(S(=O)(=O)NCCN2CCN(c3ccccc3)CC2)cc1F. The van der Waals surface area contributed by atoms with E-state index in [1.165, 1.54) is 17.8 Å². The van der Waals surface area contributed by atoms with Crippen molar-refractivity contribution in [1.29, 1.82) is 0 Å². The molecule has 1 N–H and O–H groups in total. The van der Waals surface area contributed by atoms with Gasteiger partial charge in [0, 0.05) is 45.0 Å². The van der Waals surface area contributed by atoms with Gasteiger partial charge in [-0.2, -0.15) is 0 Å². The van der Waals surface area contributed by atoms with E-state index in [1.54, 1.807) is 6.92 Å². The van der Waals surface area contributed by atoms with Crippen molar-refractivity contribution in [3.8, 4) is 0 Å². The molecule has 0 spiro atoms. The highest BCUT2D eigenvalue weighted by Gasteiger charge is 2.19. The Morgan fingerprint density at radius 3 is 2.38 bits per heavy atom. The molecule has 2 aromatic carbocycles. The lowest BCUT2D eigenvalue weighted by atomic mass is 10.2. The predicted molar refractivity (Wildman–Crippen MR) is 101 cm³/mol. The first kappa shape index (κ1) is 18.8. The van der Waals surface area contributed by atoms with Crippen molar-refractivity contribution >= 4 is 15.7 Å². The lowest BCUT2D eigenvalue weighted by molar-refractivity contribution is 0.262. The molecule has 0 atom stereocenters. The Bertz CT molecular complexity index is 835. The molecular weight excluding hydrogens is 353 g/mol. The lowest BCUT2D eigenvalue weighted by Gasteiger charge is -2.36. The van der Waals surface area contributed by atoms with Crippen molar-refractivity contribution in [1.82, 2.24) is 9.62 Å². The molecule has 1 fully saturated rings. The second-order valence-electron chi connectivity index (χ2n) is 6.47. The number of aryl methyl sites for hydroxylation is 1. The average molecular weight is 377 g/mol. The summed E-state index contributed by atoms with van der Waals surface area (Å²) in [6, 6.07) is 14.2. The summed E-state index contributed by atoms with van der Waals surface area (Å²) in [4.78, 5) is 4.53. The number of piperazine rings is 1. The van der Waals surface area contributed by atoms with Crippen LogP contribution in [0.25, 0.3) is 0 Å². The van der Waals surface area contributed by atoms with E-state index in [4.69, 9.17) is 0 Å². The molecule has 26 heavy (non-hydrogen) atoms. The molecule has 5 nitrogen and oxygen atoms in total. The van der Waals surface area contributed by atoms with Crippen LogP contribution < -0.4 is 9.62 Å². The summed E-state index contributed by atoms with van der Waals surface area (Å²) in [5.74, 6) is -0.509. The van der Waals surface area contributed by atoms with Crippen LogP contribution in [0.5, 0.6) is 0 Å². The molecule has 0 radical (unpaired) electrons. The number of hydrogen-bond acceptors (Lipinski definition) is 4. The van der Waals surface area contributed by atoms with Gasteiger partial charge in [0.15, 0.2) is 0 Å². The third-order valence-electron chi connectivity index (χ3n) is 4.67. The van der Waals surface area contributed by atoms with Crippen LogP contribution in [0, 0.1) is 12.7 Å². The number of rotatable bonds is 6. The smallest absolute Gasteiger partial charge is 0.240 e. The molecule has 0 aliphatic carbocycles. The molecule has 0 bridgehead atoms. The Morgan fingerprint density at radius 1 is 1.04 bits per heavy atom. The van der Waals surface area contributed by atoms with Crippen LogP contribution >= 0.6 is 0 Å². The molecule has 0 amide bonds. The molecule has 3 rings (SSSR count). The maximum absolute atomic E-state index is 13.6. The summed E-state index contributed by atoms with van der Waals surface area (Å²) >= 11 is 0. The van der Waals surface area contributed by atoms with Gasteiger partial charge in [0.25, 0.3) is 0 Å². The van der Waals surface area contributed by atoms with Gasteiger partial charge < -0.3 is 4.90 Å². The fourth-order valence-electron chi connectivity index (χ4n) is 3.03. The van der Waals surface area contributed by atoms with Gasteiger partial charge in [-0.15, -0.1) is 0 Å². The molecular formula is C19H24FN3O2S. The van der Waals surface area contributed by atoms with Crippen molar-refractivity contribution in [2.45, 2.75) is 11.8 Å². The largest absolute Gasteiger partial charge is 0.369 e. The van der Waals surface area contributed by atoms with E-state index < -0.39 is 15.8 Å². The molecule has 0 saturated carbocycles.